The van der Waals surface area contributed by atoms with E-state index in [4.69, 9.17) is 0 Å². The van der Waals surface area contributed by atoms with Gasteiger partial charge in [-0.2, -0.15) is 0 Å². The normalized spacial score (nSPS) is 12.4. The van der Waals surface area contributed by atoms with Crippen LogP contribution in [0.1, 0.15) is 25.8 Å². The van der Waals surface area contributed by atoms with Crippen LogP contribution in [0, 0.1) is 21.8 Å². The molecule has 0 heterocycles. The van der Waals surface area contributed by atoms with Crippen molar-refractivity contribution in [3.05, 3.63) is 39.7 Å². The first-order chi connectivity index (χ1) is 8.02. The molecular weight excluding hydrogens is 223 g/mol. The summed E-state index contributed by atoms with van der Waals surface area (Å²) in [6.45, 7) is 5.48. The highest BCUT2D eigenvalue weighted by atomic mass is 19.1. The summed E-state index contributed by atoms with van der Waals surface area (Å²) >= 11 is 0. The Morgan fingerprint density at radius 3 is 2.76 bits per heavy atom. The van der Waals surface area contributed by atoms with Crippen molar-refractivity contribution in [2.75, 3.05) is 6.54 Å². The maximum Gasteiger partial charge on any atom is 0.272 e. The number of nitrogens with one attached hydrogen (secondary N) is 1. The third kappa shape index (κ3) is 4.48. The fourth-order valence-electron chi connectivity index (χ4n) is 1.45. The number of nitro benzene ring substituents is 1. The van der Waals surface area contributed by atoms with Gasteiger partial charge in [-0.15, -0.1) is 0 Å². The summed E-state index contributed by atoms with van der Waals surface area (Å²) < 4.78 is 13.1. The summed E-state index contributed by atoms with van der Waals surface area (Å²) in [5, 5.41) is 13.7. The van der Waals surface area contributed by atoms with Crippen LogP contribution in [-0.4, -0.2) is 11.5 Å². The van der Waals surface area contributed by atoms with Crippen molar-refractivity contribution >= 4 is 5.69 Å². The van der Waals surface area contributed by atoms with Gasteiger partial charge in [-0.3, -0.25) is 10.1 Å². The zero-order chi connectivity index (χ0) is 12.8. The fraction of sp³-hybridized carbons (Fsp3) is 0.500. The molecule has 1 N–H and O–H groups in total. The maximum absolute atomic E-state index is 13.1. The van der Waals surface area contributed by atoms with E-state index in [-0.39, 0.29) is 5.69 Å². The molecule has 0 radical (unpaired) electrons. The summed E-state index contributed by atoms with van der Waals surface area (Å²) in [5.74, 6) is -0.0296. The summed E-state index contributed by atoms with van der Waals surface area (Å²) in [7, 11) is 0. The lowest BCUT2D eigenvalue weighted by Crippen LogP contribution is -2.20. The SMILES string of the molecule is CCC(C)CNCc1cc(F)cc([N+](=O)[O-])c1. The van der Waals surface area contributed by atoms with Crippen LogP contribution >= 0.6 is 0 Å². The van der Waals surface area contributed by atoms with Gasteiger partial charge >= 0.3 is 0 Å². The lowest BCUT2D eigenvalue weighted by Gasteiger charge is -2.09. The van der Waals surface area contributed by atoms with Crippen LogP contribution in [0.3, 0.4) is 0 Å². The molecule has 0 aromatic heterocycles. The first-order valence-electron chi connectivity index (χ1n) is 5.67. The molecule has 0 spiro atoms. The molecule has 1 unspecified atom stereocenters. The monoisotopic (exact) mass is 240 g/mol. The van der Waals surface area contributed by atoms with Crippen molar-refractivity contribution in [2.45, 2.75) is 26.8 Å². The number of non-ortho nitro benzene ring substituents is 1. The molecule has 0 fully saturated rings. The van der Waals surface area contributed by atoms with Crippen molar-refractivity contribution < 1.29 is 9.31 Å². The Hall–Kier alpha value is -1.49. The minimum absolute atomic E-state index is 0.203. The van der Waals surface area contributed by atoms with Crippen LogP contribution in [0.15, 0.2) is 18.2 Å². The number of rotatable bonds is 6. The molecule has 0 bridgehead atoms. The van der Waals surface area contributed by atoms with Gasteiger partial charge in [0, 0.05) is 12.6 Å². The Balaban J connectivity index is 2.62. The zero-order valence-electron chi connectivity index (χ0n) is 10.1. The van der Waals surface area contributed by atoms with Crippen LogP contribution in [0.25, 0.3) is 0 Å². The van der Waals surface area contributed by atoms with E-state index in [2.05, 4.69) is 19.2 Å². The Morgan fingerprint density at radius 2 is 2.18 bits per heavy atom. The van der Waals surface area contributed by atoms with Crippen LogP contribution in [0.4, 0.5) is 10.1 Å². The molecule has 0 aliphatic heterocycles. The van der Waals surface area contributed by atoms with E-state index in [9.17, 15) is 14.5 Å². The highest BCUT2D eigenvalue weighted by Gasteiger charge is 2.09. The zero-order valence-corrected chi connectivity index (χ0v) is 10.1. The standard InChI is InChI=1S/C12H17FN2O2/c1-3-9(2)7-14-8-10-4-11(13)6-12(5-10)15(16)17/h4-6,9,14H,3,7-8H2,1-2H3. The summed E-state index contributed by atoms with van der Waals surface area (Å²) in [5.41, 5.74) is 0.394. The molecule has 5 heteroatoms. The summed E-state index contributed by atoms with van der Waals surface area (Å²) in [4.78, 5) is 9.97. The number of nitrogens with zero attached hydrogens (tertiary/aromatic N) is 1. The Kier molecular flexibility index (Phi) is 5.03. The molecule has 1 rings (SSSR count). The largest absolute Gasteiger partial charge is 0.312 e. The molecule has 0 aliphatic rings. The van der Waals surface area contributed by atoms with Crippen LogP contribution < -0.4 is 5.32 Å². The molecule has 4 nitrogen and oxygen atoms in total. The maximum atomic E-state index is 13.1. The highest BCUT2D eigenvalue weighted by molar-refractivity contribution is 5.35. The first-order valence-corrected chi connectivity index (χ1v) is 5.67. The molecule has 0 saturated heterocycles. The average molecular weight is 240 g/mol. The van der Waals surface area contributed by atoms with E-state index in [1.807, 2.05) is 0 Å². The Morgan fingerprint density at radius 1 is 1.47 bits per heavy atom. The second-order valence-corrected chi connectivity index (χ2v) is 4.22. The molecule has 17 heavy (non-hydrogen) atoms. The minimum Gasteiger partial charge on any atom is -0.312 e. The van der Waals surface area contributed by atoms with Gasteiger partial charge < -0.3 is 5.32 Å². The number of hydrogen-bond donors (Lipinski definition) is 1. The van der Waals surface area contributed by atoms with Crippen LogP contribution in [0.2, 0.25) is 0 Å². The van der Waals surface area contributed by atoms with E-state index >= 15 is 0 Å². The summed E-state index contributed by atoms with van der Waals surface area (Å²) in [6, 6.07) is 3.64. The highest BCUT2D eigenvalue weighted by Crippen LogP contribution is 2.16. The van der Waals surface area contributed by atoms with Gasteiger partial charge in [0.25, 0.3) is 5.69 Å². The molecule has 94 valence electrons. The molecule has 0 aliphatic carbocycles. The second kappa shape index (κ2) is 6.30. The number of hydrogen-bond acceptors (Lipinski definition) is 3. The summed E-state index contributed by atoms with van der Waals surface area (Å²) in [6.07, 6.45) is 1.07. The smallest absolute Gasteiger partial charge is 0.272 e. The average Bonchev–Trinajstić information content (AvgIpc) is 2.28. The third-order valence-electron chi connectivity index (χ3n) is 2.67. The third-order valence-corrected chi connectivity index (χ3v) is 2.67. The first kappa shape index (κ1) is 13.6. The second-order valence-electron chi connectivity index (χ2n) is 4.22. The van der Waals surface area contributed by atoms with Gasteiger partial charge in [-0.1, -0.05) is 20.3 Å². The Bertz CT molecular complexity index is 396. The van der Waals surface area contributed by atoms with E-state index in [1.165, 1.54) is 12.1 Å². The molecular formula is C12H17FN2O2. The molecule has 1 aromatic rings. The van der Waals surface area contributed by atoms with Gasteiger partial charge in [0.1, 0.15) is 5.82 Å². The number of benzene rings is 1. The lowest BCUT2D eigenvalue weighted by molar-refractivity contribution is -0.385. The predicted octanol–water partition coefficient (Wildman–Crippen LogP) is 2.87. The molecule has 0 amide bonds. The van der Waals surface area contributed by atoms with E-state index in [1.54, 1.807) is 0 Å². The van der Waals surface area contributed by atoms with Crippen molar-refractivity contribution in [1.29, 1.82) is 0 Å². The fourth-order valence-corrected chi connectivity index (χ4v) is 1.45. The minimum atomic E-state index is -0.582. The molecule has 0 saturated carbocycles. The van der Waals surface area contributed by atoms with Crippen molar-refractivity contribution in [3.8, 4) is 0 Å². The number of halogens is 1. The van der Waals surface area contributed by atoms with Crippen LogP contribution in [0.5, 0.6) is 0 Å². The van der Waals surface area contributed by atoms with Gasteiger partial charge in [-0.05, 0) is 24.1 Å². The van der Waals surface area contributed by atoms with Crippen molar-refractivity contribution in [3.63, 3.8) is 0 Å². The quantitative estimate of drug-likeness (QED) is 0.614. The van der Waals surface area contributed by atoms with Gasteiger partial charge in [0.15, 0.2) is 0 Å². The Labute approximate surface area is 100.0 Å². The number of nitro groups is 1. The van der Waals surface area contributed by atoms with Gasteiger partial charge in [0.2, 0.25) is 0 Å². The van der Waals surface area contributed by atoms with Gasteiger partial charge in [-0.25, -0.2) is 4.39 Å². The van der Waals surface area contributed by atoms with Crippen LogP contribution in [-0.2, 0) is 6.54 Å². The van der Waals surface area contributed by atoms with E-state index in [0.717, 1.165) is 19.0 Å². The van der Waals surface area contributed by atoms with Gasteiger partial charge in [0.05, 0.1) is 11.0 Å². The van der Waals surface area contributed by atoms with E-state index in [0.29, 0.717) is 18.0 Å². The van der Waals surface area contributed by atoms with Crippen molar-refractivity contribution in [2.24, 2.45) is 5.92 Å². The molecule has 1 aromatic carbocycles. The predicted molar refractivity (Wildman–Crippen MR) is 64.2 cm³/mol. The van der Waals surface area contributed by atoms with Crippen molar-refractivity contribution in [1.82, 2.24) is 5.32 Å². The van der Waals surface area contributed by atoms with E-state index < -0.39 is 10.7 Å². The molecule has 1 atom stereocenters. The lowest BCUT2D eigenvalue weighted by atomic mass is 10.1. The topological polar surface area (TPSA) is 55.2 Å².